The van der Waals surface area contributed by atoms with Crippen molar-refractivity contribution >= 4 is 11.8 Å². The maximum atomic E-state index is 4.48. The van der Waals surface area contributed by atoms with Crippen LogP contribution in [0.15, 0.2) is 0 Å². The maximum Gasteiger partial charge on any atom is 0.0641 e. The van der Waals surface area contributed by atoms with Gasteiger partial charge in [0.15, 0.2) is 0 Å². The van der Waals surface area contributed by atoms with E-state index in [1.54, 1.807) is 0 Å². The fourth-order valence-corrected chi connectivity index (χ4v) is 3.69. The summed E-state index contributed by atoms with van der Waals surface area (Å²) in [6.45, 7) is 5.23. The Morgan fingerprint density at radius 3 is 2.78 bits per heavy atom. The van der Waals surface area contributed by atoms with Gasteiger partial charge < -0.3 is 5.32 Å². The molecule has 1 saturated carbocycles. The van der Waals surface area contributed by atoms with Gasteiger partial charge in [-0.3, -0.25) is 4.68 Å². The minimum atomic E-state index is 0.690. The van der Waals surface area contributed by atoms with Gasteiger partial charge in [-0.2, -0.15) is 16.9 Å². The molecule has 1 fully saturated rings. The third-order valence-corrected chi connectivity index (χ3v) is 5.28. The van der Waals surface area contributed by atoms with Gasteiger partial charge in [0.05, 0.1) is 5.69 Å². The fourth-order valence-electron chi connectivity index (χ4n) is 2.86. The molecule has 0 radical (unpaired) electrons. The van der Waals surface area contributed by atoms with Gasteiger partial charge in [-0.15, -0.1) is 0 Å². The second kappa shape index (κ2) is 6.11. The van der Waals surface area contributed by atoms with Crippen LogP contribution in [0.3, 0.4) is 0 Å². The molecule has 1 heterocycles. The topological polar surface area (TPSA) is 29.9 Å². The van der Waals surface area contributed by atoms with Crippen LogP contribution in [0.2, 0.25) is 0 Å². The first-order chi connectivity index (χ1) is 8.61. The highest BCUT2D eigenvalue weighted by Crippen LogP contribution is 2.27. The Kier molecular flexibility index (Phi) is 4.73. The van der Waals surface area contributed by atoms with Gasteiger partial charge in [0.1, 0.15) is 0 Å². The molecule has 1 aliphatic rings. The molecule has 18 heavy (non-hydrogen) atoms. The predicted octanol–water partition coefficient (Wildman–Crippen LogP) is 2.80. The van der Waals surface area contributed by atoms with E-state index in [0.717, 1.165) is 11.8 Å². The van der Waals surface area contributed by atoms with Crippen molar-refractivity contribution in [1.82, 2.24) is 15.1 Å². The van der Waals surface area contributed by atoms with E-state index >= 15 is 0 Å². The zero-order valence-corrected chi connectivity index (χ0v) is 12.8. The summed E-state index contributed by atoms with van der Waals surface area (Å²) < 4.78 is 1.98. The van der Waals surface area contributed by atoms with Crippen molar-refractivity contribution in [2.75, 3.05) is 6.26 Å². The summed E-state index contributed by atoms with van der Waals surface area (Å²) in [5.74, 6) is 0. The van der Waals surface area contributed by atoms with Gasteiger partial charge in [-0.1, -0.05) is 6.42 Å². The predicted molar refractivity (Wildman–Crippen MR) is 79.1 cm³/mol. The molecule has 0 amide bonds. The highest BCUT2D eigenvalue weighted by atomic mass is 32.2. The number of hydrogen-bond acceptors (Lipinski definition) is 3. The number of rotatable bonds is 4. The Balaban J connectivity index is 1.91. The Labute approximate surface area is 115 Å². The number of nitrogens with one attached hydrogen (secondary N) is 1. The van der Waals surface area contributed by atoms with Crippen molar-refractivity contribution in [1.29, 1.82) is 0 Å². The molecule has 1 N–H and O–H groups in total. The Hall–Kier alpha value is -0.480. The van der Waals surface area contributed by atoms with E-state index in [9.17, 15) is 0 Å². The van der Waals surface area contributed by atoms with Gasteiger partial charge in [0, 0.05) is 36.1 Å². The lowest BCUT2D eigenvalue weighted by atomic mass is 9.94. The Morgan fingerprint density at radius 2 is 2.17 bits per heavy atom. The molecule has 1 aromatic heterocycles. The van der Waals surface area contributed by atoms with Crippen molar-refractivity contribution in [3.05, 3.63) is 17.0 Å². The first kappa shape index (κ1) is 13.9. The molecule has 2 atom stereocenters. The van der Waals surface area contributed by atoms with Crippen LogP contribution in [0.5, 0.6) is 0 Å². The standard InChI is InChI=1S/C14H25N3S/c1-10-14(11(2)17(3)16-10)9-15-12-6-5-7-13(8-12)18-4/h12-13,15H,5-9H2,1-4H3. The van der Waals surface area contributed by atoms with Crippen LogP contribution < -0.4 is 5.32 Å². The number of nitrogens with zero attached hydrogens (tertiary/aromatic N) is 2. The third kappa shape index (κ3) is 3.09. The molecule has 102 valence electrons. The highest BCUT2D eigenvalue weighted by molar-refractivity contribution is 7.99. The van der Waals surface area contributed by atoms with Crippen LogP contribution in [0, 0.1) is 13.8 Å². The zero-order valence-electron chi connectivity index (χ0n) is 12.0. The summed E-state index contributed by atoms with van der Waals surface area (Å²) in [4.78, 5) is 0. The summed E-state index contributed by atoms with van der Waals surface area (Å²) in [6.07, 6.45) is 7.65. The average molecular weight is 267 g/mol. The second-order valence-electron chi connectivity index (χ2n) is 5.38. The van der Waals surface area contributed by atoms with Crippen LogP contribution in [-0.4, -0.2) is 27.3 Å². The Bertz CT molecular complexity index is 400. The normalized spacial score (nSPS) is 24.4. The van der Waals surface area contributed by atoms with E-state index < -0.39 is 0 Å². The van der Waals surface area contributed by atoms with E-state index in [2.05, 4.69) is 30.5 Å². The van der Waals surface area contributed by atoms with Crippen molar-refractivity contribution in [3.8, 4) is 0 Å². The molecule has 3 nitrogen and oxygen atoms in total. The smallest absolute Gasteiger partial charge is 0.0641 e. The lowest BCUT2D eigenvalue weighted by molar-refractivity contribution is 0.379. The molecule has 0 saturated heterocycles. The molecule has 2 unspecified atom stereocenters. The number of aromatic nitrogens is 2. The molecular formula is C14H25N3S. The molecule has 0 bridgehead atoms. The van der Waals surface area contributed by atoms with Crippen LogP contribution in [0.1, 0.15) is 42.6 Å². The average Bonchev–Trinajstić information content (AvgIpc) is 2.61. The van der Waals surface area contributed by atoms with E-state index in [1.165, 1.54) is 42.6 Å². The van der Waals surface area contributed by atoms with Gasteiger partial charge in [0.2, 0.25) is 0 Å². The molecule has 1 aromatic rings. The first-order valence-corrected chi connectivity index (χ1v) is 8.16. The van der Waals surface area contributed by atoms with Gasteiger partial charge in [-0.25, -0.2) is 0 Å². The summed E-state index contributed by atoms with van der Waals surface area (Å²) >= 11 is 2.03. The third-order valence-electron chi connectivity index (χ3n) is 4.19. The van der Waals surface area contributed by atoms with Crippen LogP contribution in [0.4, 0.5) is 0 Å². The Morgan fingerprint density at radius 1 is 1.39 bits per heavy atom. The summed E-state index contributed by atoms with van der Waals surface area (Å²) in [7, 11) is 2.02. The van der Waals surface area contributed by atoms with Gasteiger partial charge in [-0.05, 0) is 39.4 Å². The molecule has 2 rings (SSSR count). The highest BCUT2D eigenvalue weighted by Gasteiger charge is 2.21. The van der Waals surface area contributed by atoms with Crippen molar-refractivity contribution < 1.29 is 0 Å². The largest absolute Gasteiger partial charge is 0.310 e. The molecule has 0 aromatic carbocycles. The molecule has 1 aliphatic carbocycles. The van der Waals surface area contributed by atoms with Crippen molar-refractivity contribution in [2.45, 2.75) is 57.4 Å². The number of hydrogen-bond donors (Lipinski definition) is 1. The summed E-state index contributed by atoms with van der Waals surface area (Å²) in [6, 6.07) is 0.690. The van der Waals surface area contributed by atoms with Crippen molar-refractivity contribution in [3.63, 3.8) is 0 Å². The van der Waals surface area contributed by atoms with E-state index in [1.807, 2.05) is 23.5 Å². The van der Waals surface area contributed by atoms with Crippen LogP contribution >= 0.6 is 11.8 Å². The van der Waals surface area contributed by atoms with Gasteiger partial charge >= 0.3 is 0 Å². The SMILES string of the molecule is CSC1CCCC(NCc2c(C)nn(C)c2C)C1. The molecular weight excluding hydrogens is 242 g/mol. The lowest BCUT2D eigenvalue weighted by Gasteiger charge is -2.28. The van der Waals surface area contributed by atoms with E-state index in [0.29, 0.717) is 6.04 Å². The quantitative estimate of drug-likeness (QED) is 0.910. The fraction of sp³-hybridized carbons (Fsp3) is 0.786. The van der Waals surface area contributed by atoms with E-state index in [4.69, 9.17) is 0 Å². The van der Waals surface area contributed by atoms with Crippen LogP contribution in [-0.2, 0) is 13.6 Å². The van der Waals surface area contributed by atoms with Gasteiger partial charge in [0.25, 0.3) is 0 Å². The molecule has 4 heteroatoms. The number of aryl methyl sites for hydroxylation is 2. The first-order valence-electron chi connectivity index (χ1n) is 6.87. The monoisotopic (exact) mass is 267 g/mol. The molecule has 0 spiro atoms. The lowest BCUT2D eigenvalue weighted by Crippen LogP contribution is -2.34. The second-order valence-corrected chi connectivity index (χ2v) is 6.51. The zero-order chi connectivity index (χ0) is 13.1. The summed E-state index contributed by atoms with van der Waals surface area (Å²) in [5.41, 5.74) is 3.83. The minimum Gasteiger partial charge on any atom is -0.310 e. The summed E-state index contributed by atoms with van der Waals surface area (Å²) in [5, 5.41) is 9.06. The van der Waals surface area contributed by atoms with Crippen molar-refractivity contribution in [2.24, 2.45) is 7.05 Å². The number of thioether (sulfide) groups is 1. The van der Waals surface area contributed by atoms with E-state index in [-0.39, 0.29) is 0 Å². The molecule has 0 aliphatic heterocycles. The van der Waals surface area contributed by atoms with Crippen LogP contribution in [0.25, 0.3) is 0 Å². The minimum absolute atomic E-state index is 0.690. The maximum absolute atomic E-state index is 4.48.